The van der Waals surface area contributed by atoms with Crippen LogP contribution in [0.2, 0.25) is 5.02 Å². The number of nitrogens with zero attached hydrogens (tertiary/aromatic N) is 2. The molecule has 0 spiro atoms. The van der Waals surface area contributed by atoms with E-state index >= 15 is 0 Å². The average Bonchev–Trinajstić information content (AvgIpc) is 3.15. The van der Waals surface area contributed by atoms with Gasteiger partial charge in [-0.1, -0.05) is 54.6 Å². The summed E-state index contributed by atoms with van der Waals surface area (Å²) in [5.74, 6) is 0.228. The number of imidazole rings is 1. The number of ether oxygens (including phenoxy) is 1. The first-order valence-corrected chi connectivity index (χ1v) is 9.51. The number of alkyl halides is 1. The first kappa shape index (κ1) is 18.3. The minimum Gasteiger partial charge on any atom is -0.454 e. The second kappa shape index (κ2) is 8.72. The Morgan fingerprint density at radius 2 is 1.96 bits per heavy atom. The van der Waals surface area contributed by atoms with Gasteiger partial charge in [-0.15, -0.1) is 0 Å². The molecule has 6 heteroatoms. The van der Waals surface area contributed by atoms with Crippen LogP contribution in [0.4, 0.5) is 0 Å². The van der Waals surface area contributed by atoms with Gasteiger partial charge in [0.05, 0.1) is 6.33 Å². The Hall–Kier alpha value is -1.52. The van der Waals surface area contributed by atoms with Gasteiger partial charge in [0.1, 0.15) is 5.50 Å². The van der Waals surface area contributed by atoms with Gasteiger partial charge in [0, 0.05) is 23.8 Å². The van der Waals surface area contributed by atoms with Crippen LogP contribution in [0.3, 0.4) is 0 Å². The monoisotopic (exact) mass is 380 g/mol. The van der Waals surface area contributed by atoms with Crippen molar-refractivity contribution >= 4 is 29.2 Å². The molecule has 2 atom stereocenters. The topological polar surface area (TPSA) is 44.1 Å². The Bertz CT molecular complexity index is 667. The van der Waals surface area contributed by atoms with Crippen molar-refractivity contribution in [3.63, 3.8) is 0 Å². The Balaban J connectivity index is 1.73. The number of carbonyl (C=O) groups is 1. The molecule has 2 aromatic rings. The van der Waals surface area contributed by atoms with Crippen LogP contribution >= 0.6 is 23.2 Å². The van der Waals surface area contributed by atoms with Crippen LogP contribution in [0.1, 0.15) is 55.7 Å². The van der Waals surface area contributed by atoms with Gasteiger partial charge in [0.15, 0.2) is 6.10 Å². The third kappa shape index (κ3) is 4.99. The van der Waals surface area contributed by atoms with Gasteiger partial charge >= 0.3 is 5.97 Å². The quantitative estimate of drug-likeness (QED) is 0.488. The minimum atomic E-state index is -0.593. The van der Waals surface area contributed by atoms with Gasteiger partial charge < -0.3 is 9.30 Å². The lowest BCUT2D eigenvalue weighted by Crippen LogP contribution is -2.21. The molecule has 2 unspecified atom stereocenters. The van der Waals surface area contributed by atoms with Crippen molar-refractivity contribution in [2.24, 2.45) is 5.92 Å². The van der Waals surface area contributed by atoms with Gasteiger partial charge in [0.2, 0.25) is 0 Å². The zero-order valence-electron chi connectivity index (χ0n) is 14.0. The first-order valence-electron chi connectivity index (χ1n) is 8.70. The van der Waals surface area contributed by atoms with E-state index in [1.165, 1.54) is 19.3 Å². The van der Waals surface area contributed by atoms with Crippen molar-refractivity contribution in [1.29, 1.82) is 0 Å². The largest absolute Gasteiger partial charge is 0.454 e. The lowest BCUT2D eigenvalue weighted by molar-refractivity contribution is -0.152. The van der Waals surface area contributed by atoms with E-state index in [1.807, 2.05) is 12.1 Å². The number of carbonyl (C=O) groups excluding carboxylic acids is 1. The fourth-order valence-corrected chi connectivity index (χ4v) is 3.76. The fourth-order valence-electron chi connectivity index (χ4n) is 3.32. The zero-order chi connectivity index (χ0) is 17.6. The number of hydrogen-bond donors (Lipinski definition) is 0. The SMILES string of the molecule is O=C(CC1CCCCC1)OC(c1ccc(Cl)cc1)C(Cl)n1ccnc1. The lowest BCUT2D eigenvalue weighted by Gasteiger charge is -2.26. The summed E-state index contributed by atoms with van der Waals surface area (Å²) in [5.41, 5.74) is 0.245. The van der Waals surface area contributed by atoms with Gasteiger partial charge in [-0.25, -0.2) is 4.98 Å². The van der Waals surface area contributed by atoms with E-state index in [0.29, 0.717) is 17.4 Å². The molecule has 0 saturated heterocycles. The van der Waals surface area contributed by atoms with Crippen LogP contribution in [-0.2, 0) is 9.53 Å². The highest BCUT2D eigenvalue weighted by Crippen LogP contribution is 2.35. The summed E-state index contributed by atoms with van der Waals surface area (Å²) >= 11 is 12.6. The molecule has 1 fully saturated rings. The third-order valence-electron chi connectivity index (χ3n) is 4.70. The van der Waals surface area contributed by atoms with Gasteiger partial charge in [-0.2, -0.15) is 0 Å². The first-order chi connectivity index (χ1) is 12.1. The summed E-state index contributed by atoms with van der Waals surface area (Å²) in [6, 6.07) is 7.23. The Kier molecular flexibility index (Phi) is 6.38. The molecular formula is C19H22Cl2N2O2. The van der Waals surface area contributed by atoms with E-state index in [9.17, 15) is 4.79 Å². The molecule has 1 saturated carbocycles. The number of esters is 1. The summed E-state index contributed by atoms with van der Waals surface area (Å²) in [4.78, 5) is 16.5. The summed E-state index contributed by atoms with van der Waals surface area (Å²) in [6.45, 7) is 0. The van der Waals surface area contributed by atoms with Crippen molar-refractivity contribution < 1.29 is 9.53 Å². The second-order valence-corrected chi connectivity index (χ2v) is 7.44. The Labute approximate surface area is 158 Å². The van der Waals surface area contributed by atoms with E-state index in [2.05, 4.69) is 4.98 Å². The molecule has 1 aromatic heterocycles. The Morgan fingerprint density at radius 3 is 2.60 bits per heavy atom. The molecule has 3 rings (SSSR count). The fraction of sp³-hybridized carbons (Fsp3) is 0.474. The predicted molar refractivity (Wildman–Crippen MR) is 98.6 cm³/mol. The summed E-state index contributed by atoms with van der Waals surface area (Å²) < 4.78 is 7.53. The molecule has 0 bridgehead atoms. The van der Waals surface area contributed by atoms with Gasteiger partial charge in [-0.3, -0.25) is 4.79 Å². The molecule has 1 heterocycles. The van der Waals surface area contributed by atoms with Gasteiger partial charge in [0.25, 0.3) is 0 Å². The minimum absolute atomic E-state index is 0.197. The highest BCUT2D eigenvalue weighted by atomic mass is 35.5. The molecule has 25 heavy (non-hydrogen) atoms. The zero-order valence-corrected chi connectivity index (χ0v) is 15.5. The maximum Gasteiger partial charge on any atom is 0.306 e. The summed E-state index contributed by atoms with van der Waals surface area (Å²) in [7, 11) is 0. The third-order valence-corrected chi connectivity index (χ3v) is 5.40. The number of rotatable bonds is 6. The van der Waals surface area contributed by atoms with Crippen molar-refractivity contribution in [1.82, 2.24) is 9.55 Å². The van der Waals surface area contributed by atoms with Crippen LogP contribution in [0, 0.1) is 5.92 Å². The molecule has 1 aromatic carbocycles. The van der Waals surface area contributed by atoms with Crippen LogP contribution in [-0.4, -0.2) is 15.5 Å². The highest BCUT2D eigenvalue weighted by Gasteiger charge is 2.28. The van der Waals surface area contributed by atoms with Crippen molar-refractivity contribution in [2.45, 2.75) is 50.1 Å². The van der Waals surface area contributed by atoms with Gasteiger partial charge in [-0.05, 0) is 36.5 Å². The molecule has 134 valence electrons. The second-order valence-electron chi connectivity index (χ2n) is 6.55. The highest BCUT2D eigenvalue weighted by molar-refractivity contribution is 6.30. The number of halogens is 2. The predicted octanol–water partition coefficient (Wildman–Crippen LogP) is 5.53. The molecular weight excluding hydrogens is 359 g/mol. The van der Waals surface area contributed by atoms with Crippen molar-refractivity contribution in [3.8, 4) is 0 Å². The van der Waals surface area contributed by atoms with E-state index in [-0.39, 0.29) is 5.97 Å². The molecule has 0 N–H and O–H groups in total. The molecule has 0 radical (unpaired) electrons. The van der Waals surface area contributed by atoms with Crippen LogP contribution < -0.4 is 0 Å². The van der Waals surface area contributed by atoms with Crippen LogP contribution in [0.25, 0.3) is 0 Å². The molecule has 1 aliphatic rings. The van der Waals surface area contributed by atoms with Crippen molar-refractivity contribution in [3.05, 3.63) is 53.6 Å². The van der Waals surface area contributed by atoms with Crippen LogP contribution in [0.5, 0.6) is 0 Å². The molecule has 0 aliphatic heterocycles. The van der Waals surface area contributed by atoms with E-state index in [1.54, 1.807) is 35.4 Å². The maximum absolute atomic E-state index is 12.5. The summed E-state index contributed by atoms with van der Waals surface area (Å²) in [5, 5.41) is 0.629. The van der Waals surface area contributed by atoms with Crippen LogP contribution in [0.15, 0.2) is 43.0 Å². The van der Waals surface area contributed by atoms with E-state index < -0.39 is 11.6 Å². The normalized spacial score (nSPS) is 17.8. The Morgan fingerprint density at radius 1 is 1.24 bits per heavy atom. The average molecular weight is 381 g/mol. The maximum atomic E-state index is 12.5. The lowest BCUT2D eigenvalue weighted by atomic mass is 9.87. The molecule has 0 amide bonds. The summed E-state index contributed by atoms with van der Waals surface area (Å²) in [6.07, 6.45) is 10.8. The molecule has 1 aliphatic carbocycles. The number of benzene rings is 1. The van der Waals surface area contributed by atoms with E-state index in [0.717, 1.165) is 18.4 Å². The smallest absolute Gasteiger partial charge is 0.306 e. The van der Waals surface area contributed by atoms with Crippen molar-refractivity contribution in [2.75, 3.05) is 0 Å². The van der Waals surface area contributed by atoms with E-state index in [4.69, 9.17) is 27.9 Å². The standard InChI is InChI=1S/C19H22Cl2N2O2/c20-16-8-6-15(7-9-16)18(19(21)23-11-10-22-13-23)25-17(24)12-14-4-2-1-3-5-14/h6-11,13-14,18-19H,1-5,12H2. The molecule has 4 nitrogen and oxygen atoms in total. The number of aromatic nitrogens is 2. The number of hydrogen-bond acceptors (Lipinski definition) is 3.